The fraction of sp³-hybridized carbons (Fsp3) is 0.750. The van der Waals surface area contributed by atoms with Crippen LogP contribution in [0.25, 0.3) is 0 Å². The van der Waals surface area contributed by atoms with Crippen LogP contribution in [0.15, 0.2) is 0 Å². The number of hydrogen-bond donors (Lipinski definition) is 0. The molecule has 0 aromatic heterocycles. The summed E-state index contributed by atoms with van der Waals surface area (Å²) < 4.78 is 15.8. The molecular weight excluding hydrogens is 226 g/mol. The minimum absolute atomic E-state index is 0.109. The zero-order valence-corrected chi connectivity index (χ0v) is 6.35. The molecule has 0 saturated heterocycles. The van der Waals surface area contributed by atoms with Gasteiger partial charge in [0.1, 0.15) is 13.3 Å². The van der Waals surface area contributed by atoms with Crippen molar-refractivity contribution in [1.82, 2.24) is 0 Å². The summed E-state index contributed by atoms with van der Waals surface area (Å²) in [6.45, 7) is -0.704. The molecule has 2 nitrogen and oxygen atoms in total. The van der Waals surface area contributed by atoms with Gasteiger partial charge in [0.05, 0.1) is 4.43 Å². The zero-order chi connectivity index (χ0) is 6.41. The number of rotatable bonds is 3. The Balaban J connectivity index is 2.99. The Bertz CT molecular complexity index is 76.4. The van der Waals surface area contributed by atoms with E-state index in [0.717, 1.165) is 0 Å². The SMILES string of the molecule is O=C(CI)OCCF. The molecular formula is C4H6FIO2. The van der Waals surface area contributed by atoms with E-state index in [9.17, 15) is 9.18 Å². The van der Waals surface area contributed by atoms with Gasteiger partial charge in [-0.2, -0.15) is 0 Å². The molecule has 48 valence electrons. The molecule has 0 spiro atoms. The third kappa shape index (κ3) is 4.29. The third-order valence-corrected chi connectivity index (χ3v) is 1.07. The second kappa shape index (κ2) is 5.27. The first-order valence-electron chi connectivity index (χ1n) is 2.08. The lowest BCUT2D eigenvalue weighted by Crippen LogP contribution is -2.07. The maximum absolute atomic E-state index is 11.2. The molecule has 0 aliphatic carbocycles. The highest BCUT2D eigenvalue weighted by atomic mass is 127. The van der Waals surface area contributed by atoms with E-state index in [1.54, 1.807) is 0 Å². The van der Waals surface area contributed by atoms with Crippen molar-refractivity contribution in [2.24, 2.45) is 0 Å². The number of halogens is 2. The molecule has 4 heteroatoms. The van der Waals surface area contributed by atoms with Crippen LogP contribution >= 0.6 is 22.6 Å². The highest BCUT2D eigenvalue weighted by Crippen LogP contribution is 1.85. The Kier molecular flexibility index (Phi) is 5.36. The maximum Gasteiger partial charge on any atom is 0.315 e. The van der Waals surface area contributed by atoms with E-state index in [-0.39, 0.29) is 17.0 Å². The van der Waals surface area contributed by atoms with Gasteiger partial charge in [-0.15, -0.1) is 0 Å². The Labute approximate surface area is 60.5 Å². The van der Waals surface area contributed by atoms with Gasteiger partial charge in [-0.25, -0.2) is 4.39 Å². The van der Waals surface area contributed by atoms with Crippen LogP contribution in [0.2, 0.25) is 0 Å². The standard InChI is InChI=1S/C4H6FIO2/c5-1-2-8-4(7)3-6/h1-3H2. The minimum atomic E-state index is -0.595. The Morgan fingerprint density at radius 3 is 2.75 bits per heavy atom. The molecule has 0 unspecified atom stereocenters. The summed E-state index contributed by atoms with van der Waals surface area (Å²) in [4.78, 5) is 10.2. The highest BCUT2D eigenvalue weighted by molar-refractivity contribution is 14.1. The predicted molar refractivity (Wildman–Crippen MR) is 35.8 cm³/mol. The largest absolute Gasteiger partial charge is 0.462 e. The number of carbonyl (C=O) groups is 1. The van der Waals surface area contributed by atoms with E-state index >= 15 is 0 Å². The summed E-state index contributed by atoms with van der Waals surface area (Å²) in [5, 5.41) is 0. The van der Waals surface area contributed by atoms with Crippen LogP contribution in [0, 0.1) is 0 Å². The van der Waals surface area contributed by atoms with Gasteiger partial charge >= 0.3 is 5.97 Å². The van der Waals surface area contributed by atoms with Crippen molar-refractivity contribution in [3.63, 3.8) is 0 Å². The van der Waals surface area contributed by atoms with Gasteiger partial charge in [0.25, 0.3) is 0 Å². The molecule has 0 aromatic carbocycles. The smallest absolute Gasteiger partial charge is 0.315 e. The van der Waals surface area contributed by atoms with Gasteiger partial charge in [0.2, 0.25) is 0 Å². The highest BCUT2D eigenvalue weighted by Gasteiger charge is 1.95. The number of esters is 1. The van der Waals surface area contributed by atoms with Gasteiger partial charge in [-0.05, 0) is 0 Å². The van der Waals surface area contributed by atoms with Crippen molar-refractivity contribution in [2.75, 3.05) is 17.7 Å². The molecule has 0 fully saturated rings. The first kappa shape index (κ1) is 8.13. The van der Waals surface area contributed by atoms with E-state index < -0.39 is 6.67 Å². The van der Waals surface area contributed by atoms with Crippen LogP contribution in [-0.4, -0.2) is 23.7 Å². The second-order valence-corrected chi connectivity index (χ2v) is 1.81. The van der Waals surface area contributed by atoms with Gasteiger partial charge in [-0.1, -0.05) is 22.6 Å². The molecule has 0 radical (unpaired) electrons. The average molecular weight is 232 g/mol. The second-order valence-electron chi connectivity index (χ2n) is 1.04. The molecule has 0 aromatic rings. The fourth-order valence-corrected chi connectivity index (χ4v) is 0.411. The quantitative estimate of drug-likeness (QED) is 0.411. The molecule has 0 bridgehead atoms. The van der Waals surface area contributed by atoms with Gasteiger partial charge in [-0.3, -0.25) is 4.79 Å². The lowest BCUT2D eigenvalue weighted by Gasteiger charge is -1.95. The van der Waals surface area contributed by atoms with E-state index in [0.29, 0.717) is 0 Å². The number of alkyl halides is 2. The van der Waals surface area contributed by atoms with Crippen molar-refractivity contribution in [2.45, 2.75) is 0 Å². The van der Waals surface area contributed by atoms with Gasteiger partial charge in [0.15, 0.2) is 0 Å². The normalized spacial score (nSPS) is 8.75. The Morgan fingerprint density at radius 1 is 1.75 bits per heavy atom. The molecule has 0 rings (SSSR count). The van der Waals surface area contributed by atoms with Gasteiger partial charge < -0.3 is 4.74 Å². The van der Waals surface area contributed by atoms with Crippen LogP contribution < -0.4 is 0 Å². The summed E-state index contributed by atoms with van der Waals surface area (Å²) in [6.07, 6.45) is 0. The molecule has 0 N–H and O–H groups in total. The third-order valence-electron chi connectivity index (χ3n) is 0.449. The van der Waals surface area contributed by atoms with Crippen molar-refractivity contribution >= 4 is 28.6 Å². The number of ether oxygens (including phenoxy) is 1. The lowest BCUT2D eigenvalue weighted by atomic mass is 10.7. The first-order valence-corrected chi connectivity index (χ1v) is 3.61. The van der Waals surface area contributed by atoms with Crippen molar-refractivity contribution in [1.29, 1.82) is 0 Å². The van der Waals surface area contributed by atoms with E-state index in [4.69, 9.17) is 0 Å². The lowest BCUT2D eigenvalue weighted by molar-refractivity contribution is -0.140. The topological polar surface area (TPSA) is 26.3 Å². The van der Waals surface area contributed by atoms with E-state index in [2.05, 4.69) is 4.74 Å². The Hall–Kier alpha value is 0.130. The van der Waals surface area contributed by atoms with Crippen LogP contribution in [0.5, 0.6) is 0 Å². The molecule has 0 heterocycles. The van der Waals surface area contributed by atoms with Crippen molar-refractivity contribution < 1.29 is 13.9 Å². The molecule has 0 aliphatic rings. The first-order chi connectivity index (χ1) is 3.81. The number of hydrogen-bond acceptors (Lipinski definition) is 2. The van der Waals surface area contributed by atoms with Crippen LogP contribution in [0.3, 0.4) is 0 Å². The zero-order valence-electron chi connectivity index (χ0n) is 4.19. The molecule has 8 heavy (non-hydrogen) atoms. The Morgan fingerprint density at radius 2 is 2.38 bits per heavy atom. The fourth-order valence-electron chi connectivity index (χ4n) is 0.191. The summed E-state index contributed by atoms with van der Waals surface area (Å²) >= 11 is 1.86. The van der Waals surface area contributed by atoms with Crippen LogP contribution in [0.4, 0.5) is 4.39 Å². The summed E-state index contributed by atoms with van der Waals surface area (Å²) in [5.74, 6) is -0.358. The van der Waals surface area contributed by atoms with E-state index in [1.807, 2.05) is 22.6 Å². The van der Waals surface area contributed by atoms with Crippen molar-refractivity contribution in [3.8, 4) is 0 Å². The summed E-state index contributed by atoms with van der Waals surface area (Å²) in [7, 11) is 0. The molecule has 0 atom stereocenters. The van der Waals surface area contributed by atoms with Crippen LogP contribution in [-0.2, 0) is 9.53 Å². The van der Waals surface area contributed by atoms with Crippen molar-refractivity contribution in [3.05, 3.63) is 0 Å². The van der Waals surface area contributed by atoms with E-state index in [1.165, 1.54) is 0 Å². The summed E-state index contributed by atoms with van der Waals surface area (Å²) in [6, 6.07) is 0. The monoisotopic (exact) mass is 232 g/mol. The minimum Gasteiger partial charge on any atom is -0.462 e. The molecule has 0 saturated carbocycles. The average Bonchev–Trinajstić information content (AvgIpc) is 1.83. The maximum atomic E-state index is 11.2. The van der Waals surface area contributed by atoms with Crippen LogP contribution in [0.1, 0.15) is 0 Å². The number of carbonyl (C=O) groups excluding carboxylic acids is 1. The van der Waals surface area contributed by atoms with Gasteiger partial charge in [0, 0.05) is 0 Å². The summed E-state index contributed by atoms with van der Waals surface area (Å²) in [5.41, 5.74) is 0. The predicted octanol–water partition coefficient (Wildman–Crippen LogP) is 0.934. The molecule has 0 amide bonds. The molecule has 0 aliphatic heterocycles.